The zero-order valence-electron chi connectivity index (χ0n) is 10.5. The van der Waals surface area contributed by atoms with Crippen molar-refractivity contribution in [3.05, 3.63) is 58.1 Å². The summed E-state index contributed by atoms with van der Waals surface area (Å²) in [5, 5.41) is 4.11. The van der Waals surface area contributed by atoms with E-state index in [2.05, 4.69) is 10.1 Å². The fraction of sp³-hybridized carbons (Fsp3) is 0.143. The molecule has 0 aliphatic heterocycles. The molecule has 0 saturated carbocycles. The molecular formula is C14H10Cl2F3NO. The van der Waals surface area contributed by atoms with Gasteiger partial charge in [-0.15, -0.1) is 13.2 Å². The average Bonchev–Trinajstić information content (AvgIpc) is 2.38. The van der Waals surface area contributed by atoms with Crippen LogP contribution in [0.15, 0.2) is 42.5 Å². The van der Waals surface area contributed by atoms with E-state index in [-0.39, 0.29) is 5.75 Å². The van der Waals surface area contributed by atoms with Crippen molar-refractivity contribution in [1.82, 2.24) is 0 Å². The largest absolute Gasteiger partial charge is 0.573 e. The van der Waals surface area contributed by atoms with E-state index in [0.717, 1.165) is 5.56 Å². The van der Waals surface area contributed by atoms with Gasteiger partial charge in [0.15, 0.2) is 0 Å². The van der Waals surface area contributed by atoms with Crippen LogP contribution in [0, 0.1) is 0 Å². The molecule has 0 spiro atoms. The number of benzene rings is 2. The predicted octanol–water partition coefficient (Wildman–Crippen LogP) is 5.50. The van der Waals surface area contributed by atoms with E-state index in [4.69, 9.17) is 23.2 Å². The van der Waals surface area contributed by atoms with Crippen LogP contribution < -0.4 is 10.1 Å². The van der Waals surface area contributed by atoms with Gasteiger partial charge in [-0.1, -0.05) is 29.3 Å². The lowest BCUT2D eigenvalue weighted by molar-refractivity contribution is -0.274. The lowest BCUT2D eigenvalue weighted by Crippen LogP contribution is -2.17. The van der Waals surface area contributed by atoms with Gasteiger partial charge in [0.1, 0.15) is 5.75 Å². The van der Waals surface area contributed by atoms with Crippen LogP contribution in [0.1, 0.15) is 5.56 Å². The molecular weight excluding hydrogens is 326 g/mol. The van der Waals surface area contributed by atoms with Gasteiger partial charge in [0.05, 0.1) is 0 Å². The minimum atomic E-state index is -4.69. The second-order valence-corrected chi connectivity index (χ2v) is 5.01. The summed E-state index contributed by atoms with van der Waals surface area (Å²) in [6.07, 6.45) is -4.69. The lowest BCUT2D eigenvalue weighted by Gasteiger charge is -2.11. The summed E-state index contributed by atoms with van der Waals surface area (Å²) in [5.41, 5.74) is 1.48. The van der Waals surface area contributed by atoms with E-state index < -0.39 is 6.36 Å². The molecule has 2 aromatic rings. The predicted molar refractivity (Wildman–Crippen MR) is 76.9 cm³/mol. The van der Waals surface area contributed by atoms with Crippen LogP contribution in [-0.4, -0.2) is 6.36 Å². The van der Waals surface area contributed by atoms with E-state index in [1.165, 1.54) is 24.3 Å². The first kappa shape index (κ1) is 15.8. The molecule has 7 heteroatoms. The molecule has 2 aromatic carbocycles. The Morgan fingerprint density at radius 2 is 1.67 bits per heavy atom. The number of alkyl halides is 3. The first-order chi connectivity index (χ1) is 9.83. The Labute approximate surface area is 129 Å². The molecule has 1 N–H and O–H groups in total. The molecule has 112 valence electrons. The quantitative estimate of drug-likeness (QED) is 0.796. The van der Waals surface area contributed by atoms with Gasteiger partial charge in [-0.05, 0) is 42.0 Å². The highest BCUT2D eigenvalue weighted by Gasteiger charge is 2.30. The van der Waals surface area contributed by atoms with Crippen LogP contribution in [0.3, 0.4) is 0 Å². The van der Waals surface area contributed by atoms with Crippen molar-refractivity contribution >= 4 is 28.9 Å². The van der Waals surface area contributed by atoms with Crippen molar-refractivity contribution < 1.29 is 17.9 Å². The van der Waals surface area contributed by atoms with Crippen LogP contribution in [-0.2, 0) is 6.54 Å². The Bertz CT molecular complexity index is 615. The molecule has 0 atom stereocenters. The van der Waals surface area contributed by atoms with Crippen molar-refractivity contribution in [2.45, 2.75) is 12.9 Å². The van der Waals surface area contributed by atoms with Gasteiger partial charge in [0.2, 0.25) is 0 Å². The number of rotatable bonds is 4. The van der Waals surface area contributed by atoms with Gasteiger partial charge in [0.25, 0.3) is 0 Å². The minimum Gasteiger partial charge on any atom is -0.406 e. The maximum absolute atomic E-state index is 12.0. The molecule has 0 aromatic heterocycles. The van der Waals surface area contributed by atoms with Crippen molar-refractivity contribution in [2.24, 2.45) is 0 Å². The summed E-state index contributed by atoms with van der Waals surface area (Å²) in [5.74, 6) is -0.266. The molecule has 21 heavy (non-hydrogen) atoms. The van der Waals surface area contributed by atoms with Crippen molar-refractivity contribution in [3.8, 4) is 5.75 Å². The first-order valence-corrected chi connectivity index (χ1v) is 6.63. The van der Waals surface area contributed by atoms with E-state index >= 15 is 0 Å². The molecule has 2 nitrogen and oxygen atoms in total. The Hall–Kier alpha value is -1.59. The van der Waals surface area contributed by atoms with Crippen LogP contribution in [0.4, 0.5) is 18.9 Å². The van der Waals surface area contributed by atoms with Crippen LogP contribution >= 0.6 is 23.2 Å². The smallest absolute Gasteiger partial charge is 0.406 e. The number of ether oxygens (including phenoxy) is 1. The van der Waals surface area contributed by atoms with Gasteiger partial charge < -0.3 is 10.1 Å². The van der Waals surface area contributed by atoms with E-state index in [1.807, 2.05) is 0 Å². The fourth-order valence-corrected chi connectivity index (χ4v) is 2.11. The third-order valence-corrected chi connectivity index (χ3v) is 3.17. The highest BCUT2D eigenvalue weighted by molar-refractivity contribution is 6.35. The maximum atomic E-state index is 12.0. The Morgan fingerprint density at radius 3 is 2.24 bits per heavy atom. The van der Waals surface area contributed by atoms with Gasteiger partial charge in [-0.3, -0.25) is 0 Å². The van der Waals surface area contributed by atoms with E-state index in [9.17, 15) is 13.2 Å². The Morgan fingerprint density at radius 1 is 1.00 bits per heavy atom. The summed E-state index contributed by atoms with van der Waals surface area (Å²) in [6.45, 7) is 0.426. The molecule has 0 aliphatic carbocycles. The number of hydrogen-bond donors (Lipinski definition) is 1. The third-order valence-electron chi connectivity index (χ3n) is 2.59. The highest BCUT2D eigenvalue weighted by Crippen LogP contribution is 2.25. The summed E-state index contributed by atoms with van der Waals surface area (Å²) >= 11 is 11.8. The first-order valence-electron chi connectivity index (χ1n) is 5.87. The zero-order chi connectivity index (χ0) is 15.5. The molecule has 0 aliphatic rings. The summed E-state index contributed by atoms with van der Waals surface area (Å²) in [4.78, 5) is 0. The van der Waals surface area contributed by atoms with Crippen LogP contribution in [0.25, 0.3) is 0 Å². The second-order valence-electron chi connectivity index (χ2n) is 4.16. The van der Waals surface area contributed by atoms with E-state index in [1.54, 1.807) is 18.2 Å². The standard InChI is InChI=1S/C14H10Cl2F3NO/c15-10-2-1-9(13(16)7-10)8-20-11-3-5-12(6-4-11)21-14(17,18)19/h1-7,20H,8H2. The molecule has 0 amide bonds. The molecule has 0 unspecified atom stereocenters. The summed E-state index contributed by atoms with van der Waals surface area (Å²) in [7, 11) is 0. The molecule has 2 rings (SSSR count). The molecule has 0 radical (unpaired) electrons. The van der Waals surface area contributed by atoms with Gasteiger partial charge in [-0.25, -0.2) is 0 Å². The lowest BCUT2D eigenvalue weighted by atomic mass is 10.2. The fourth-order valence-electron chi connectivity index (χ4n) is 1.64. The third kappa shape index (κ3) is 5.02. The van der Waals surface area contributed by atoms with Gasteiger partial charge in [-0.2, -0.15) is 0 Å². The normalized spacial score (nSPS) is 11.3. The Balaban J connectivity index is 1.97. The van der Waals surface area contributed by atoms with Crippen molar-refractivity contribution in [2.75, 3.05) is 5.32 Å². The van der Waals surface area contributed by atoms with E-state index in [0.29, 0.717) is 22.3 Å². The van der Waals surface area contributed by atoms with Crippen LogP contribution in [0.5, 0.6) is 5.75 Å². The SMILES string of the molecule is FC(F)(F)Oc1ccc(NCc2ccc(Cl)cc2Cl)cc1. The number of anilines is 1. The number of hydrogen-bond acceptors (Lipinski definition) is 2. The molecule has 0 heterocycles. The zero-order valence-corrected chi connectivity index (χ0v) is 12.1. The summed E-state index contributed by atoms with van der Waals surface area (Å²) < 4.78 is 39.9. The van der Waals surface area contributed by atoms with Crippen molar-refractivity contribution in [3.63, 3.8) is 0 Å². The minimum absolute atomic E-state index is 0.266. The molecule has 0 saturated heterocycles. The average molecular weight is 336 g/mol. The Kier molecular flexibility index (Phi) is 4.85. The van der Waals surface area contributed by atoms with Crippen LogP contribution in [0.2, 0.25) is 10.0 Å². The second kappa shape index (κ2) is 6.45. The maximum Gasteiger partial charge on any atom is 0.573 e. The number of nitrogens with one attached hydrogen (secondary N) is 1. The highest BCUT2D eigenvalue weighted by atomic mass is 35.5. The monoisotopic (exact) mass is 335 g/mol. The molecule has 0 bridgehead atoms. The van der Waals surface area contributed by atoms with Gasteiger partial charge >= 0.3 is 6.36 Å². The topological polar surface area (TPSA) is 21.3 Å². The van der Waals surface area contributed by atoms with Crippen molar-refractivity contribution in [1.29, 1.82) is 0 Å². The van der Waals surface area contributed by atoms with Gasteiger partial charge in [0, 0.05) is 22.3 Å². The summed E-state index contributed by atoms with van der Waals surface area (Å²) in [6, 6.07) is 10.6. The molecule has 0 fully saturated rings. The number of halogens is 5.